The zero-order valence-electron chi connectivity index (χ0n) is 16.9. The van der Waals surface area contributed by atoms with Gasteiger partial charge in [-0.2, -0.15) is 4.80 Å². The lowest BCUT2D eigenvalue weighted by Crippen LogP contribution is -2.37. The summed E-state index contributed by atoms with van der Waals surface area (Å²) in [6.45, 7) is 3.65. The SMILES string of the molecule is COc1cccc(CN2CCC[C@H](Cn3nnc(-c4ccccn4)n3)C2)c1OC. The second-order valence-corrected chi connectivity index (χ2v) is 7.28. The van der Waals surface area contributed by atoms with Crippen LogP contribution in [0, 0.1) is 5.92 Å². The van der Waals surface area contributed by atoms with E-state index in [-0.39, 0.29) is 0 Å². The van der Waals surface area contributed by atoms with Gasteiger partial charge in [0.1, 0.15) is 5.69 Å². The number of methoxy groups -OCH3 is 2. The smallest absolute Gasteiger partial charge is 0.223 e. The summed E-state index contributed by atoms with van der Waals surface area (Å²) in [6.07, 6.45) is 4.05. The first kappa shape index (κ1) is 19.3. The number of hydrogen-bond acceptors (Lipinski definition) is 7. The van der Waals surface area contributed by atoms with Crippen LogP contribution in [0.1, 0.15) is 18.4 Å². The second kappa shape index (κ2) is 9.00. The molecule has 1 atom stereocenters. The van der Waals surface area contributed by atoms with Gasteiger partial charge in [-0.1, -0.05) is 18.2 Å². The van der Waals surface area contributed by atoms with Crippen molar-refractivity contribution in [1.82, 2.24) is 30.1 Å². The summed E-state index contributed by atoms with van der Waals surface area (Å²) in [6, 6.07) is 11.7. The maximum Gasteiger partial charge on any atom is 0.223 e. The summed E-state index contributed by atoms with van der Waals surface area (Å²) in [5.74, 6) is 2.63. The molecule has 0 N–H and O–H groups in total. The highest BCUT2D eigenvalue weighted by Gasteiger charge is 2.23. The summed E-state index contributed by atoms with van der Waals surface area (Å²) in [7, 11) is 3.36. The molecule has 0 amide bonds. The van der Waals surface area contributed by atoms with E-state index in [0.29, 0.717) is 11.7 Å². The van der Waals surface area contributed by atoms with Crippen LogP contribution in [-0.4, -0.2) is 57.4 Å². The van der Waals surface area contributed by atoms with Crippen molar-refractivity contribution in [1.29, 1.82) is 0 Å². The number of tetrazole rings is 1. The van der Waals surface area contributed by atoms with Crippen molar-refractivity contribution in [3.05, 3.63) is 48.2 Å². The minimum Gasteiger partial charge on any atom is -0.493 e. The van der Waals surface area contributed by atoms with Gasteiger partial charge < -0.3 is 9.47 Å². The first-order valence-corrected chi connectivity index (χ1v) is 9.88. The summed E-state index contributed by atoms with van der Waals surface area (Å²) in [4.78, 5) is 8.45. The Morgan fingerprint density at radius 1 is 1.10 bits per heavy atom. The molecule has 0 spiro atoms. The van der Waals surface area contributed by atoms with Crippen LogP contribution in [0.2, 0.25) is 0 Å². The number of pyridine rings is 1. The first-order chi connectivity index (χ1) is 14.3. The van der Waals surface area contributed by atoms with Crippen molar-refractivity contribution in [2.24, 2.45) is 5.92 Å². The van der Waals surface area contributed by atoms with Gasteiger partial charge in [0.2, 0.25) is 5.82 Å². The van der Waals surface area contributed by atoms with Crippen molar-refractivity contribution >= 4 is 0 Å². The molecule has 0 aliphatic carbocycles. The fourth-order valence-electron chi connectivity index (χ4n) is 3.91. The van der Waals surface area contributed by atoms with E-state index in [2.05, 4.69) is 31.4 Å². The monoisotopic (exact) mass is 394 g/mol. The lowest BCUT2D eigenvalue weighted by atomic mass is 9.97. The van der Waals surface area contributed by atoms with Crippen molar-refractivity contribution in [2.45, 2.75) is 25.9 Å². The third-order valence-corrected chi connectivity index (χ3v) is 5.25. The predicted molar refractivity (Wildman–Crippen MR) is 109 cm³/mol. The lowest BCUT2D eigenvalue weighted by Gasteiger charge is -2.32. The number of rotatable bonds is 7. The average molecular weight is 394 g/mol. The lowest BCUT2D eigenvalue weighted by molar-refractivity contribution is 0.148. The molecule has 1 aliphatic heterocycles. The molecule has 1 saturated heterocycles. The molecule has 1 fully saturated rings. The molecule has 0 bridgehead atoms. The fraction of sp³-hybridized carbons (Fsp3) is 0.429. The Hall–Kier alpha value is -3.00. The number of para-hydroxylation sites is 1. The molecule has 0 radical (unpaired) electrons. The number of piperidine rings is 1. The average Bonchev–Trinajstić information content (AvgIpc) is 3.23. The Labute approximate surface area is 170 Å². The molecular weight excluding hydrogens is 368 g/mol. The van der Waals surface area contributed by atoms with Crippen LogP contribution >= 0.6 is 0 Å². The Kier molecular flexibility index (Phi) is 6.00. The van der Waals surface area contributed by atoms with Crippen LogP contribution in [0.3, 0.4) is 0 Å². The van der Waals surface area contributed by atoms with Crippen LogP contribution in [-0.2, 0) is 13.1 Å². The molecule has 1 aliphatic rings. The Balaban J connectivity index is 1.40. The number of benzene rings is 1. The number of likely N-dealkylation sites (tertiary alicyclic amines) is 1. The molecule has 1 aromatic carbocycles. The predicted octanol–water partition coefficient (Wildman–Crippen LogP) is 2.66. The van der Waals surface area contributed by atoms with E-state index >= 15 is 0 Å². The summed E-state index contributed by atoms with van der Waals surface area (Å²) >= 11 is 0. The molecule has 152 valence electrons. The Bertz CT molecular complexity index is 930. The van der Waals surface area contributed by atoms with Crippen LogP contribution in [0.15, 0.2) is 42.6 Å². The molecule has 29 heavy (non-hydrogen) atoms. The Morgan fingerprint density at radius 2 is 2.03 bits per heavy atom. The van der Waals surface area contributed by atoms with Crippen molar-refractivity contribution in [2.75, 3.05) is 27.3 Å². The third kappa shape index (κ3) is 4.54. The number of ether oxygens (including phenoxy) is 2. The zero-order chi connectivity index (χ0) is 20.1. The molecule has 4 rings (SSSR count). The van der Waals surface area contributed by atoms with E-state index in [1.807, 2.05) is 30.3 Å². The molecule has 8 heteroatoms. The number of nitrogens with zero attached hydrogens (tertiary/aromatic N) is 6. The van der Waals surface area contributed by atoms with Gasteiger partial charge in [0.15, 0.2) is 11.5 Å². The quantitative estimate of drug-likeness (QED) is 0.610. The normalized spacial score (nSPS) is 17.2. The standard InChI is InChI=1S/C21H26N6O2/c1-28-19-10-5-8-17(20(19)29-2)15-26-12-6-7-16(13-26)14-27-24-21(23-25-27)18-9-3-4-11-22-18/h3-5,8-11,16H,6-7,12-15H2,1-2H3/t16-/m0/s1. The van der Waals surface area contributed by atoms with Gasteiger partial charge in [-0.15, -0.1) is 10.2 Å². The van der Waals surface area contributed by atoms with Gasteiger partial charge in [-0.05, 0) is 48.7 Å². The zero-order valence-corrected chi connectivity index (χ0v) is 16.9. The van der Waals surface area contributed by atoms with Crippen LogP contribution in [0.4, 0.5) is 0 Å². The van der Waals surface area contributed by atoms with Crippen LogP contribution in [0.25, 0.3) is 11.5 Å². The van der Waals surface area contributed by atoms with Gasteiger partial charge in [-0.25, -0.2) is 0 Å². The van der Waals surface area contributed by atoms with E-state index in [4.69, 9.17) is 9.47 Å². The molecule has 8 nitrogen and oxygen atoms in total. The minimum atomic E-state index is 0.478. The van der Waals surface area contributed by atoms with Gasteiger partial charge >= 0.3 is 0 Å². The first-order valence-electron chi connectivity index (χ1n) is 9.88. The Morgan fingerprint density at radius 3 is 2.83 bits per heavy atom. The van der Waals surface area contributed by atoms with Crippen LogP contribution < -0.4 is 9.47 Å². The van der Waals surface area contributed by atoms with Crippen molar-refractivity contribution in [3.63, 3.8) is 0 Å². The molecular formula is C21H26N6O2. The highest BCUT2D eigenvalue weighted by molar-refractivity contribution is 5.47. The van der Waals surface area contributed by atoms with E-state index in [1.54, 1.807) is 25.2 Å². The van der Waals surface area contributed by atoms with Gasteiger partial charge in [0, 0.05) is 24.8 Å². The topological polar surface area (TPSA) is 78.2 Å². The van der Waals surface area contributed by atoms with E-state index in [0.717, 1.165) is 61.8 Å². The summed E-state index contributed by atoms with van der Waals surface area (Å²) in [5, 5.41) is 12.9. The highest BCUT2D eigenvalue weighted by Crippen LogP contribution is 2.32. The van der Waals surface area contributed by atoms with Gasteiger partial charge in [-0.3, -0.25) is 9.88 Å². The van der Waals surface area contributed by atoms with Crippen molar-refractivity contribution in [3.8, 4) is 23.0 Å². The van der Waals surface area contributed by atoms with E-state index in [9.17, 15) is 0 Å². The molecule has 2 aromatic heterocycles. The number of hydrogen-bond donors (Lipinski definition) is 0. The maximum absolute atomic E-state index is 5.59. The maximum atomic E-state index is 5.59. The fourth-order valence-corrected chi connectivity index (χ4v) is 3.91. The molecule has 0 unspecified atom stereocenters. The second-order valence-electron chi connectivity index (χ2n) is 7.28. The summed E-state index contributed by atoms with van der Waals surface area (Å²) < 4.78 is 11.0. The van der Waals surface area contributed by atoms with Crippen LogP contribution in [0.5, 0.6) is 11.5 Å². The van der Waals surface area contributed by atoms with E-state index in [1.165, 1.54) is 0 Å². The van der Waals surface area contributed by atoms with Crippen molar-refractivity contribution < 1.29 is 9.47 Å². The number of aromatic nitrogens is 5. The molecule has 0 saturated carbocycles. The third-order valence-electron chi connectivity index (χ3n) is 5.25. The summed E-state index contributed by atoms with van der Waals surface area (Å²) in [5.41, 5.74) is 1.89. The minimum absolute atomic E-state index is 0.478. The largest absolute Gasteiger partial charge is 0.493 e. The van der Waals surface area contributed by atoms with Gasteiger partial charge in [0.05, 0.1) is 20.8 Å². The van der Waals surface area contributed by atoms with Gasteiger partial charge in [0.25, 0.3) is 0 Å². The van der Waals surface area contributed by atoms with E-state index < -0.39 is 0 Å². The molecule has 3 aromatic rings. The highest BCUT2D eigenvalue weighted by atomic mass is 16.5. The molecule has 3 heterocycles.